The molecule has 1 fully saturated rings. The number of benzene rings is 1. The van der Waals surface area contributed by atoms with Gasteiger partial charge in [0.2, 0.25) is 0 Å². The maximum absolute atomic E-state index is 5.23. The minimum atomic E-state index is 0.664. The van der Waals surface area contributed by atoms with Crippen LogP contribution in [-0.4, -0.2) is 30.7 Å². The first-order valence-electron chi connectivity index (χ1n) is 8.31. The summed E-state index contributed by atoms with van der Waals surface area (Å²) in [5, 5.41) is 4.60. The fraction of sp³-hybridized carbons (Fsp3) is 0.667. The first-order chi connectivity index (χ1) is 10.3. The van der Waals surface area contributed by atoms with E-state index in [-0.39, 0.29) is 0 Å². The molecule has 1 aromatic rings. The number of ether oxygens (including phenoxy) is 1. The van der Waals surface area contributed by atoms with Gasteiger partial charge in [0.05, 0.1) is 7.11 Å². The molecule has 0 bridgehead atoms. The highest BCUT2D eigenvalue weighted by atomic mass is 32.2. The van der Waals surface area contributed by atoms with Crippen LogP contribution in [0.15, 0.2) is 24.3 Å². The molecule has 0 radical (unpaired) electrons. The van der Waals surface area contributed by atoms with Crippen molar-refractivity contribution in [1.82, 2.24) is 5.32 Å². The Morgan fingerprint density at radius 1 is 1.29 bits per heavy atom. The standard InChI is InChI=1S/C18H29NOS/c1-3-13-19-17(18-6-4-5-14-21-18)12-9-15-7-10-16(20-2)11-8-15/h7-8,10-11,17-19H,3-6,9,12-14H2,1-2H3. The van der Waals surface area contributed by atoms with Crippen LogP contribution in [0.2, 0.25) is 0 Å². The van der Waals surface area contributed by atoms with E-state index in [1.54, 1.807) is 7.11 Å². The van der Waals surface area contributed by atoms with Crippen LogP contribution in [-0.2, 0) is 6.42 Å². The summed E-state index contributed by atoms with van der Waals surface area (Å²) >= 11 is 2.18. The highest BCUT2D eigenvalue weighted by Crippen LogP contribution is 2.29. The van der Waals surface area contributed by atoms with Crippen molar-refractivity contribution < 1.29 is 4.74 Å². The van der Waals surface area contributed by atoms with E-state index in [2.05, 4.69) is 48.3 Å². The van der Waals surface area contributed by atoms with Gasteiger partial charge in [-0.1, -0.05) is 25.5 Å². The number of hydrogen-bond acceptors (Lipinski definition) is 3. The smallest absolute Gasteiger partial charge is 0.118 e. The number of hydrogen-bond donors (Lipinski definition) is 1. The van der Waals surface area contributed by atoms with Crippen LogP contribution in [0.4, 0.5) is 0 Å². The lowest BCUT2D eigenvalue weighted by Crippen LogP contribution is -2.40. The summed E-state index contributed by atoms with van der Waals surface area (Å²) in [5.41, 5.74) is 1.42. The quantitative estimate of drug-likeness (QED) is 0.774. The third-order valence-corrected chi connectivity index (χ3v) is 5.74. The summed E-state index contributed by atoms with van der Waals surface area (Å²) < 4.78 is 5.23. The van der Waals surface area contributed by atoms with Gasteiger partial charge in [-0.3, -0.25) is 0 Å². The minimum Gasteiger partial charge on any atom is -0.497 e. The lowest BCUT2D eigenvalue weighted by Gasteiger charge is -2.30. The second kappa shape index (κ2) is 9.37. The zero-order chi connectivity index (χ0) is 14.9. The zero-order valence-electron chi connectivity index (χ0n) is 13.4. The number of methoxy groups -OCH3 is 1. The van der Waals surface area contributed by atoms with Crippen LogP contribution < -0.4 is 10.1 Å². The normalized spacial score (nSPS) is 20.2. The van der Waals surface area contributed by atoms with Crippen LogP contribution in [0.3, 0.4) is 0 Å². The highest BCUT2D eigenvalue weighted by molar-refractivity contribution is 8.00. The number of nitrogens with one attached hydrogen (secondary N) is 1. The van der Waals surface area contributed by atoms with Gasteiger partial charge in [0.25, 0.3) is 0 Å². The van der Waals surface area contributed by atoms with E-state index >= 15 is 0 Å². The molecule has 3 heteroatoms. The largest absolute Gasteiger partial charge is 0.497 e. The average Bonchev–Trinajstić information content (AvgIpc) is 2.56. The van der Waals surface area contributed by atoms with E-state index in [4.69, 9.17) is 4.74 Å². The molecule has 2 unspecified atom stereocenters. The predicted octanol–water partition coefficient (Wildman–Crippen LogP) is 4.28. The molecule has 0 amide bonds. The molecule has 1 aromatic carbocycles. The van der Waals surface area contributed by atoms with E-state index in [9.17, 15) is 0 Å². The molecule has 2 atom stereocenters. The fourth-order valence-corrected chi connectivity index (χ4v) is 4.42. The summed E-state index contributed by atoms with van der Waals surface area (Å²) in [7, 11) is 1.72. The van der Waals surface area contributed by atoms with Crippen LogP contribution in [0.25, 0.3) is 0 Å². The Hall–Kier alpha value is -0.670. The topological polar surface area (TPSA) is 21.3 Å². The van der Waals surface area contributed by atoms with Gasteiger partial charge in [-0.15, -0.1) is 0 Å². The second-order valence-corrected chi connectivity index (χ2v) is 7.20. The van der Waals surface area contributed by atoms with Gasteiger partial charge < -0.3 is 10.1 Å². The predicted molar refractivity (Wildman–Crippen MR) is 93.5 cm³/mol. The van der Waals surface area contributed by atoms with Crippen molar-refractivity contribution in [2.75, 3.05) is 19.4 Å². The second-order valence-electron chi connectivity index (χ2n) is 5.85. The van der Waals surface area contributed by atoms with Gasteiger partial charge >= 0.3 is 0 Å². The molecule has 0 aromatic heterocycles. The summed E-state index contributed by atoms with van der Waals surface area (Å²) in [4.78, 5) is 0. The van der Waals surface area contributed by atoms with E-state index in [0.29, 0.717) is 6.04 Å². The lowest BCUT2D eigenvalue weighted by molar-refractivity contribution is 0.414. The van der Waals surface area contributed by atoms with Crippen molar-refractivity contribution in [3.8, 4) is 5.75 Å². The van der Waals surface area contributed by atoms with Crippen molar-refractivity contribution in [3.05, 3.63) is 29.8 Å². The SMILES string of the molecule is CCCNC(CCc1ccc(OC)cc1)C1CCCCS1. The zero-order valence-corrected chi connectivity index (χ0v) is 14.3. The monoisotopic (exact) mass is 307 g/mol. The van der Waals surface area contributed by atoms with E-state index in [0.717, 1.165) is 24.0 Å². The van der Waals surface area contributed by atoms with Crippen molar-refractivity contribution in [2.45, 2.75) is 56.7 Å². The molecule has 1 aliphatic heterocycles. The first-order valence-corrected chi connectivity index (χ1v) is 9.36. The van der Waals surface area contributed by atoms with E-state index < -0.39 is 0 Å². The van der Waals surface area contributed by atoms with Crippen molar-refractivity contribution in [1.29, 1.82) is 0 Å². The lowest BCUT2D eigenvalue weighted by atomic mass is 9.99. The summed E-state index contributed by atoms with van der Waals surface area (Å²) in [5.74, 6) is 2.29. The van der Waals surface area contributed by atoms with Gasteiger partial charge in [0, 0.05) is 11.3 Å². The molecule has 21 heavy (non-hydrogen) atoms. The third kappa shape index (κ3) is 5.55. The van der Waals surface area contributed by atoms with E-state index in [1.165, 1.54) is 43.4 Å². The molecule has 1 saturated heterocycles. The minimum absolute atomic E-state index is 0.664. The molecule has 2 nitrogen and oxygen atoms in total. The average molecular weight is 308 g/mol. The van der Waals surface area contributed by atoms with Gasteiger partial charge in [0.1, 0.15) is 5.75 Å². The molecule has 1 heterocycles. The summed E-state index contributed by atoms with van der Waals surface area (Å²) in [6.07, 6.45) is 7.81. The Bertz CT molecular complexity index is 387. The van der Waals surface area contributed by atoms with Gasteiger partial charge in [-0.2, -0.15) is 11.8 Å². The molecular weight excluding hydrogens is 278 g/mol. The molecule has 118 valence electrons. The number of rotatable bonds is 8. The Balaban J connectivity index is 1.87. The van der Waals surface area contributed by atoms with Crippen LogP contribution in [0.1, 0.15) is 44.6 Å². The number of aryl methyl sites for hydroxylation is 1. The molecule has 2 rings (SSSR count). The first kappa shape index (κ1) is 16.7. The third-order valence-electron chi connectivity index (χ3n) is 4.22. The van der Waals surface area contributed by atoms with Crippen molar-refractivity contribution in [3.63, 3.8) is 0 Å². The van der Waals surface area contributed by atoms with Crippen LogP contribution in [0, 0.1) is 0 Å². The fourth-order valence-electron chi connectivity index (χ4n) is 2.95. The molecule has 1 N–H and O–H groups in total. The Morgan fingerprint density at radius 2 is 2.10 bits per heavy atom. The molecule has 1 aliphatic rings. The van der Waals surface area contributed by atoms with Gasteiger partial charge in [-0.05, 0) is 62.1 Å². The Labute approximate surface area is 134 Å². The molecule has 0 aliphatic carbocycles. The van der Waals surface area contributed by atoms with Crippen LogP contribution in [0.5, 0.6) is 5.75 Å². The van der Waals surface area contributed by atoms with Gasteiger partial charge in [0.15, 0.2) is 0 Å². The molecule has 0 spiro atoms. The summed E-state index contributed by atoms with van der Waals surface area (Å²) in [6, 6.07) is 9.20. The molecule has 0 saturated carbocycles. The van der Waals surface area contributed by atoms with Crippen LogP contribution >= 0.6 is 11.8 Å². The number of thioether (sulfide) groups is 1. The van der Waals surface area contributed by atoms with Crippen molar-refractivity contribution in [2.24, 2.45) is 0 Å². The Morgan fingerprint density at radius 3 is 2.71 bits per heavy atom. The molecular formula is C18H29NOS. The Kier molecular flexibility index (Phi) is 7.45. The van der Waals surface area contributed by atoms with E-state index in [1.807, 2.05) is 0 Å². The highest BCUT2D eigenvalue weighted by Gasteiger charge is 2.23. The van der Waals surface area contributed by atoms with Gasteiger partial charge in [-0.25, -0.2) is 0 Å². The van der Waals surface area contributed by atoms with Crippen molar-refractivity contribution >= 4 is 11.8 Å². The summed E-state index contributed by atoms with van der Waals surface area (Å²) in [6.45, 7) is 3.39. The maximum atomic E-state index is 5.23. The maximum Gasteiger partial charge on any atom is 0.118 e.